The van der Waals surface area contributed by atoms with Crippen LogP contribution in [0.25, 0.3) is 11.4 Å². The summed E-state index contributed by atoms with van der Waals surface area (Å²) in [4.78, 5) is 8.93. The predicted molar refractivity (Wildman–Crippen MR) is 89.0 cm³/mol. The highest BCUT2D eigenvalue weighted by molar-refractivity contribution is 6.33. The minimum absolute atomic E-state index is 0.220. The van der Waals surface area contributed by atoms with E-state index in [0.717, 1.165) is 24.2 Å². The van der Waals surface area contributed by atoms with E-state index in [1.54, 1.807) is 0 Å². The Hall–Kier alpha value is -1.48. The molecule has 0 aliphatic rings. The minimum atomic E-state index is 0.220. The molecule has 0 unspecified atom stereocenters. The molecule has 3 heteroatoms. The lowest BCUT2D eigenvalue weighted by Crippen LogP contribution is -1.93. The van der Waals surface area contributed by atoms with Crippen molar-refractivity contribution in [1.29, 1.82) is 0 Å². The lowest BCUT2D eigenvalue weighted by molar-refractivity contribution is 0.901. The van der Waals surface area contributed by atoms with Crippen molar-refractivity contribution in [1.82, 2.24) is 9.97 Å². The third-order valence-corrected chi connectivity index (χ3v) is 4.73. The largest absolute Gasteiger partial charge is 0.236 e. The highest BCUT2D eigenvalue weighted by Gasteiger charge is 2.02. The van der Waals surface area contributed by atoms with Crippen LogP contribution in [-0.4, -0.2) is 19.5 Å². The molecule has 2 rings (SSSR count). The molecular weight excluding hydrogens is 260 g/mol. The molecule has 0 N–H and O–H groups in total. The summed E-state index contributed by atoms with van der Waals surface area (Å²) in [7, 11) is 0.220. The summed E-state index contributed by atoms with van der Waals surface area (Å²) in [6.07, 6.45) is 8.64. The van der Waals surface area contributed by atoms with Gasteiger partial charge in [0.25, 0.3) is 0 Å². The van der Waals surface area contributed by atoms with Crippen LogP contribution in [-0.2, 0) is 12.8 Å². The van der Waals surface area contributed by atoms with E-state index in [9.17, 15) is 0 Å². The van der Waals surface area contributed by atoms with Crippen LogP contribution in [0.5, 0.6) is 0 Å². The molecule has 0 saturated carbocycles. The van der Waals surface area contributed by atoms with Gasteiger partial charge in [0.05, 0.1) is 0 Å². The Bertz CT molecular complexity index is 506. The first kappa shape index (κ1) is 14.9. The van der Waals surface area contributed by atoms with E-state index >= 15 is 0 Å². The van der Waals surface area contributed by atoms with Gasteiger partial charge in [-0.2, -0.15) is 0 Å². The molecule has 0 fully saturated rings. The Labute approximate surface area is 124 Å². The lowest BCUT2D eigenvalue weighted by atomic mass is 10.1. The molecule has 1 heterocycles. The van der Waals surface area contributed by atoms with Gasteiger partial charge >= 0.3 is 0 Å². The lowest BCUT2D eigenvalue weighted by Gasteiger charge is -2.04. The zero-order chi connectivity index (χ0) is 14.2. The Morgan fingerprint density at radius 1 is 0.950 bits per heavy atom. The molecule has 0 radical (unpaired) electrons. The molecule has 2 aromatic rings. The van der Waals surface area contributed by atoms with E-state index in [4.69, 9.17) is 0 Å². The van der Waals surface area contributed by atoms with Crippen molar-refractivity contribution in [3.63, 3.8) is 0 Å². The Balaban J connectivity index is 2.01. The fourth-order valence-corrected chi connectivity index (χ4v) is 3.07. The molecule has 2 nitrogen and oxygen atoms in total. The topological polar surface area (TPSA) is 25.8 Å². The SMILES string of the molecule is CCCc1cnc(-c2ccc(CCC[SiH2]C)cc2)nc1. The molecular formula is C17H24N2Si. The second kappa shape index (κ2) is 7.95. The van der Waals surface area contributed by atoms with Crippen LogP contribution in [0, 0.1) is 0 Å². The fraction of sp³-hybridized carbons (Fsp3) is 0.412. The number of hydrogen-bond donors (Lipinski definition) is 0. The molecule has 1 aromatic carbocycles. The smallest absolute Gasteiger partial charge is 0.159 e. The number of benzene rings is 1. The van der Waals surface area contributed by atoms with Gasteiger partial charge in [0, 0.05) is 27.5 Å². The second-order valence-corrected chi connectivity index (χ2v) is 7.03. The van der Waals surface area contributed by atoms with Gasteiger partial charge in [-0.15, -0.1) is 0 Å². The second-order valence-electron chi connectivity index (χ2n) is 5.32. The zero-order valence-corrected chi connectivity index (χ0v) is 14.0. The summed E-state index contributed by atoms with van der Waals surface area (Å²) >= 11 is 0. The molecule has 20 heavy (non-hydrogen) atoms. The summed E-state index contributed by atoms with van der Waals surface area (Å²) in [5, 5.41) is 0. The van der Waals surface area contributed by atoms with Crippen molar-refractivity contribution >= 4 is 9.52 Å². The van der Waals surface area contributed by atoms with Crippen molar-refractivity contribution in [3.8, 4) is 11.4 Å². The summed E-state index contributed by atoms with van der Waals surface area (Å²) in [5.41, 5.74) is 3.76. The molecule has 0 saturated heterocycles. The van der Waals surface area contributed by atoms with Gasteiger partial charge in [0.15, 0.2) is 5.82 Å². The van der Waals surface area contributed by atoms with Crippen LogP contribution in [0.3, 0.4) is 0 Å². The molecule has 0 aliphatic carbocycles. The average molecular weight is 284 g/mol. The van der Waals surface area contributed by atoms with E-state index in [1.165, 1.54) is 30.0 Å². The van der Waals surface area contributed by atoms with Gasteiger partial charge in [-0.25, -0.2) is 9.97 Å². The van der Waals surface area contributed by atoms with E-state index in [0.29, 0.717) is 0 Å². The fourth-order valence-electron chi connectivity index (χ4n) is 2.32. The van der Waals surface area contributed by atoms with Crippen LogP contribution in [0.1, 0.15) is 30.9 Å². The van der Waals surface area contributed by atoms with E-state index < -0.39 is 0 Å². The van der Waals surface area contributed by atoms with Crippen molar-refractivity contribution in [2.75, 3.05) is 0 Å². The maximum atomic E-state index is 4.47. The molecule has 1 aromatic heterocycles. The van der Waals surface area contributed by atoms with Gasteiger partial charge in [-0.3, -0.25) is 0 Å². The van der Waals surface area contributed by atoms with Crippen molar-refractivity contribution in [2.45, 2.75) is 45.2 Å². The quantitative estimate of drug-likeness (QED) is 0.573. The summed E-state index contributed by atoms with van der Waals surface area (Å²) in [6.45, 7) is 4.55. The number of hydrogen-bond acceptors (Lipinski definition) is 2. The number of nitrogens with zero attached hydrogens (tertiary/aromatic N) is 2. The standard InChI is InChI=1S/C17H24N2Si/c1-3-5-15-12-18-17(19-13-15)16-9-7-14(8-10-16)6-4-11-20-2/h7-10,12-13H,3-6,11,20H2,1-2H3. The average Bonchev–Trinajstić information content (AvgIpc) is 2.49. The molecule has 106 valence electrons. The number of aromatic nitrogens is 2. The first-order valence-corrected chi connectivity index (χ1v) is 10.1. The van der Waals surface area contributed by atoms with Crippen LogP contribution >= 0.6 is 0 Å². The predicted octanol–water partition coefficient (Wildman–Crippen LogP) is 3.66. The highest BCUT2D eigenvalue weighted by Crippen LogP contribution is 2.16. The van der Waals surface area contributed by atoms with Crippen LogP contribution in [0.4, 0.5) is 0 Å². The van der Waals surface area contributed by atoms with Crippen LogP contribution in [0.2, 0.25) is 12.6 Å². The van der Waals surface area contributed by atoms with Crippen molar-refractivity contribution in [2.24, 2.45) is 0 Å². The van der Waals surface area contributed by atoms with Gasteiger partial charge in [0.2, 0.25) is 0 Å². The molecule has 0 atom stereocenters. The summed E-state index contributed by atoms with van der Waals surface area (Å²) in [5.74, 6) is 0.831. The first-order valence-electron chi connectivity index (χ1n) is 7.73. The Kier molecular flexibility index (Phi) is 5.93. The third-order valence-electron chi connectivity index (χ3n) is 3.53. The van der Waals surface area contributed by atoms with E-state index in [-0.39, 0.29) is 9.52 Å². The normalized spacial score (nSPS) is 11.3. The number of rotatable bonds is 7. The number of aryl methyl sites for hydroxylation is 2. The summed E-state index contributed by atoms with van der Waals surface area (Å²) < 4.78 is 0. The summed E-state index contributed by atoms with van der Waals surface area (Å²) in [6, 6.07) is 10.2. The Morgan fingerprint density at radius 3 is 2.25 bits per heavy atom. The van der Waals surface area contributed by atoms with E-state index in [2.05, 4.69) is 47.7 Å². The maximum Gasteiger partial charge on any atom is 0.159 e. The van der Waals surface area contributed by atoms with Crippen LogP contribution < -0.4 is 0 Å². The van der Waals surface area contributed by atoms with Gasteiger partial charge in [-0.05, 0) is 24.0 Å². The highest BCUT2D eigenvalue weighted by atomic mass is 28.2. The van der Waals surface area contributed by atoms with Crippen molar-refractivity contribution < 1.29 is 0 Å². The monoisotopic (exact) mass is 284 g/mol. The third kappa shape index (κ3) is 4.27. The van der Waals surface area contributed by atoms with E-state index in [1.807, 2.05) is 12.4 Å². The maximum absolute atomic E-state index is 4.47. The van der Waals surface area contributed by atoms with Crippen LogP contribution in [0.15, 0.2) is 36.7 Å². The minimum Gasteiger partial charge on any atom is -0.236 e. The molecule has 0 spiro atoms. The van der Waals surface area contributed by atoms with Crippen molar-refractivity contribution in [3.05, 3.63) is 47.8 Å². The Morgan fingerprint density at radius 2 is 1.65 bits per heavy atom. The first-order chi connectivity index (χ1) is 9.83. The van der Waals surface area contributed by atoms with Gasteiger partial charge < -0.3 is 0 Å². The molecule has 0 amide bonds. The molecule has 0 bridgehead atoms. The van der Waals surface area contributed by atoms with Gasteiger partial charge in [0.1, 0.15) is 0 Å². The zero-order valence-electron chi connectivity index (χ0n) is 12.6. The van der Waals surface area contributed by atoms with Gasteiger partial charge in [-0.1, -0.05) is 56.6 Å². The molecule has 0 aliphatic heterocycles.